The van der Waals surface area contributed by atoms with E-state index in [4.69, 9.17) is 4.98 Å². The van der Waals surface area contributed by atoms with Gasteiger partial charge in [0.2, 0.25) is 0 Å². The molecule has 0 spiro atoms. The predicted octanol–water partition coefficient (Wildman–Crippen LogP) is 3.85. The van der Waals surface area contributed by atoms with Crippen molar-refractivity contribution in [2.45, 2.75) is 19.9 Å². The van der Waals surface area contributed by atoms with Crippen LogP contribution in [-0.4, -0.2) is 50.1 Å². The van der Waals surface area contributed by atoms with E-state index in [1.54, 1.807) is 29.9 Å². The van der Waals surface area contributed by atoms with E-state index in [0.29, 0.717) is 5.56 Å². The zero-order valence-electron chi connectivity index (χ0n) is 15.6. The molecule has 0 saturated carbocycles. The van der Waals surface area contributed by atoms with E-state index in [-0.39, 0.29) is 11.9 Å². The average Bonchev–Trinajstić information content (AvgIpc) is 3.36. The summed E-state index contributed by atoms with van der Waals surface area (Å²) >= 11 is 1.61. The number of nitrogens with zero attached hydrogens (tertiary/aromatic N) is 5. The Hall–Kier alpha value is -2.67. The molecule has 0 atom stereocenters. The van der Waals surface area contributed by atoms with E-state index < -0.39 is 0 Å². The maximum absolute atomic E-state index is 13.3. The molecule has 0 N–H and O–H groups in total. The summed E-state index contributed by atoms with van der Waals surface area (Å²) < 4.78 is 1.86. The summed E-state index contributed by atoms with van der Waals surface area (Å²) in [5, 5.41) is 6.01. The Balaban J connectivity index is 1.89. The summed E-state index contributed by atoms with van der Waals surface area (Å²) in [7, 11) is 1.78. The Bertz CT molecular complexity index is 1030. The van der Waals surface area contributed by atoms with Gasteiger partial charge >= 0.3 is 0 Å². The molecule has 1 aromatic carbocycles. The molecular formula is C20H21N5OS. The van der Waals surface area contributed by atoms with Gasteiger partial charge in [0, 0.05) is 24.4 Å². The van der Waals surface area contributed by atoms with Crippen molar-refractivity contribution in [1.82, 2.24) is 19.7 Å². The minimum Gasteiger partial charge on any atom is -0.291 e. The number of fused-ring (bicyclic) bond motifs is 1. The Labute approximate surface area is 162 Å². The third-order valence-corrected chi connectivity index (χ3v) is 5.56. The highest BCUT2D eigenvalue weighted by Gasteiger charge is 2.24. The van der Waals surface area contributed by atoms with Gasteiger partial charge in [0.05, 0.1) is 29.4 Å². The van der Waals surface area contributed by atoms with Gasteiger partial charge in [-0.25, -0.2) is 9.67 Å². The molecule has 0 aliphatic carbocycles. The van der Waals surface area contributed by atoms with Crippen molar-refractivity contribution in [3.8, 4) is 11.3 Å². The van der Waals surface area contributed by atoms with E-state index in [2.05, 4.69) is 23.9 Å². The Morgan fingerprint density at radius 2 is 2.04 bits per heavy atom. The van der Waals surface area contributed by atoms with E-state index >= 15 is 0 Å². The summed E-state index contributed by atoms with van der Waals surface area (Å²) in [4.78, 5) is 24.2. The molecule has 138 valence electrons. The zero-order chi connectivity index (χ0) is 19.0. The van der Waals surface area contributed by atoms with E-state index in [0.717, 1.165) is 39.8 Å². The summed E-state index contributed by atoms with van der Waals surface area (Å²) in [5.74, 6) is 0.829. The molecule has 27 heavy (non-hydrogen) atoms. The molecule has 3 heterocycles. The Morgan fingerprint density at radius 1 is 1.26 bits per heavy atom. The predicted molar refractivity (Wildman–Crippen MR) is 110 cm³/mol. The van der Waals surface area contributed by atoms with Gasteiger partial charge in [0.25, 0.3) is 5.91 Å². The molecule has 0 saturated heterocycles. The lowest BCUT2D eigenvalue weighted by Gasteiger charge is -2.17. The molecule has 4 rings (SSSR count). The van der Waals surface area contributed by atoms with Crippen molar-refractivity contribution in [2.24, 2.45) is 4.99 Å². The molecule has 1 aliphatic heterocycles. The molecule has 1 amide bonds. The van der Waals surface area contributed by atoms with E-state index in [1.807, 2.05) is 41.1 Å². The first kappa shape index (κ1) is 17.7. The molecule has 0 fully saturated rings. The lowest BCUT2D eigenvalue weighted by atomic mass is 10.1. The second kappa shape index (κ2) is 7.15. The second-order valence-electron chi connectivity index (χ2n) is 6.72. The minimum absolute atomic E-state index is 0.0870. The highest BCUT2D eigenvalue weighted by Crippen LogP contribution is 2.28. The Kier molecular flexibility index (Phi) is 4.70. The fourth-order valence-corrected chi connectivity index (χ4v) is 3.95. The van der Waals surface area contributed by atoms with Gasteiger partial charge in [-0.2, -0.15) is 5.10 Å². The number of rotatable bonds is 3. The number of aromatic nitrogens is 3. The molecule has 0 unspecified atom stereocenters. The van der Waals surface area contributed by atoms with E-state index in [1.165, 1.54) is 0 Å². The van der Waals surface area contributed by atoms with Gasteiger partial charge in [-0.1, -0.05) is 42.1 Å². The van der Waals surface area contributed by atoms with Crippen LogP contribution >= 0.6 is 11.8 Å². The number of benzene rings is 1. The van der Waals surface area contributed by atoms with Crippen molar-refractivity contribution < 1.29 is 4.79 Å². The van der Waals surface area contributed by atoms with Gasteiger partial charge in [-0.3, -0.25) is 14.7 Å². The third kappa shape index (κ3) is 3.23. The standard InChI is InChI=1S/C20H21N5OS/c1-13(2)25-18-16(12-22-25)15(19(26)24(3)20-21-9-10-27-20)11-17(23-18)14-7-5-4-6-8-14/h4-8,11-13H,9-10H2,1-3H3. The monoisotopic (exact) mass is 379 g/mol. The maximum Gasteiger partial charge on any atom is 0.260 e. The second-order valence-corrected chi connectivity index (χ2v) is 7.78. The Morgan fingerprint density at radius 3 is 2.70 bits per heavy atom. The fourth-order valence-electron chi connectivity index (χ4n) is 3.12. The van der Waals surface area contributed by atoms with Crippen LogP contribution < -0.4 is 0 Å². The van der Waals surface area contributed by atoms with Crippen LogP contribution in [0.5, 0.6) is 0 Å². The normalized spacial score (nSPS) is 14.0. The number of carbonyl (C=O) groups is 1. The number of aliphatic imine (C=N–C) groups is 1. The van der Waals surface area contributed by atoms with Crippen molar-refractivity contribution in [1.29, 1.82) is 0 Å². The van der Waals surface area contributed by atoms with Gasteiger partial charge in [-0.05, 0) is 19.9 Å². The average molecular weight is 379 g/mol. The lowest BCUT2D eigenvalue weighted by Crippen LogP contribution is -2.30. The van der Waals surface area contributed by atoms with E-state index in [9.17, 15) is 4.79 Å². The third-order valence-electron chi connectivity index (χ3n) is 4.52. The number of amides is 1. The first-order chi connectivity index (χ1) is 13.1. The number of hydrogen-bond donors (Lipinski definition) is 0. The van der Waals surface area contributed by atoms with Gasteiger partial charge in [-0.15, -0.1) is 0 Å². The quantitative estimate of drug-likeness (QED) is 0.693. The molecular weight excluding hydrogens is 358 g/mol. The molecule has 0 bridgehead atoms. The number of carbonyl (C=O) groups excluding carboxylic acids is 1. The summed E-state index contributed by atoms with van der Waals surface area (Å²) in [6.07, 6.45) is 1.74. The van der Waals surface area contributed by atoms with Gasteiger partial charge < -0.3 is 0 Å². The smallest absolute Gasteiger partial charge is 0.260 e. The van der Waals surface area contributed by atoms with Crippen molar-refractivity contribution in [3.05, 3.63) is 48.2 Å². The van der Waals surface area contributed by atoms with Crippen LogP contribution in [0.15, 0.2) is 47.6 Å². The SMILES string of the molecule is CC(C)n1ncc2c(C(=O)N(C)C3=NCCS3)cc(-c3ccccc3)nc21. The summed E-state index contributed by atoms with van der Waals surface area (Å²) in [5.41, 5.74) is 3.07. The molecule has 1 aliphatic rings. The molecule has 6 nitrogen and oxygen atoms in total. The van der Waals surface area contributed by atoms with Gasteiger partial charge in [0.15, 0.2) is 10.8 Å². The number of thioether (sulfide) groups is 1. The molecule has 2 aromatic heterocycles. The molecule has 3 aromatic rings. The number of hydrogen-bond acceptors (Lipinski definition) is 5. The fraction of sp³-hybridized carbons (Fsp3) is 0.300. The molecule has 7 heteroatoms. The summed E-state index contributed by atoms with van der Waals surface area (Å²) in [6.45, 7) is 4.87. The first-order valence-electron chi connectivity index (χ1n) is 8.95. The van der Waals surface area contributed by atoms with Crippen LogP contribution in [0.1, 0.15) is 30.2 Å². The van der Waals surface area contributed by atoms with Crippen LogP contribution in [0.4, 0.5) is 0 Å². The van der Waals surface area contributed by atoms with Crippen LogP contribution in [0.25, 0.3) is 22.3 Å². The zero-order valence-corrected chi connectivity index (χ0v) is 16.4. The molecule has 0 radical (unpaired) electrons. The summed E-state index contributed by atoms with van der Waals surface area (Å²) in [6, 6.07) is 11.9. The van der Waals surface area contributed by atoms with Crippen LogP contribution in [-0.2, 0) is 0 Å². The number of amidine groups is 1. The van der Waals surface area contributed by atoms with Crippen LogP contribution in [0.3, 0.4) is 0 Å². The van der Waals surface area contributed by atoms with Crippen LogP contribution in [0.2, 0.25) is 0 Å². The van der Waals surface area contributed by atoms with Crippen molar-refractivity contribution >= 4 is 33.9 Å². The maximum atomic E-state index is 13.3. The number of pyridine rings is 1. The minimum atomic E-state index is -0.0870. The largest absolute Gasteiger partial charge is 0.291 e. The first-order valence-corrected chi connectivity index (χ1v) is 9.94. The lowest BCUT2D eigenvalue weighted by molar-refractivity contribution is 0.0875. The van der Waals surface area contributed by atoms with Crippen molar-refractivity contribution in [3.63, 3.8) is 0 Å². The highest BCUT2D eigenvalue weighted by atomic mass is 32.2. The highest BCUT2D eigenvalue weighted by molar-refractivity contribution is 8.14. The van der Waals surface area contributed by atoms with Crippen molar-refractivity contribution in [2.75, 3.05) is 19.3 Å². The van der Waals surface area contributed by atoms with Gasteiger partial charge in [0.1, 0.15) is 0 Å². The topological polar surface area (TPSA) is 63.4 Å². The van der Waals surface area contributed by atoms with Crippen LogP contribution in [0, 0.1) is 0 Å².